The van der Waals surface area contributed by atoms with Crippen LogP contribution in [0, 0.1) is 0 Å². The van der Waals surface area contributed by atoms with Crippen molar-refractivity contribution < 1.29 is 0 Å². The Bertz CT molecular complexity index is 852. The lowest BCUT2D eigenvalue weighted by atomic mass is 10.0. The average molecular weight is 404 g/mol. The van der Waals surface area contributed by atoms with Gasteiger partial charge in [-0.1, -0.05) is 70.1 Å². The number of rotatable bonds is 2. The second kappa shape index (κ2) is 6.88. The number of hydrogen-bond donors (Lipinski definition) is 0. The molecule has 0 spiro atoms. The molecule has 23 heavy (non-hydrogen) atoms. The molecule has 0 aliphatic rings. The molecule has 0 amide bonds. The second-order valence-electron chi connectivity index (χ2n) is 4.76. The number of halogens is 5. The van der Waals surface area contributed by atoms with Crippen LogP contribution in [0.5, 0.6) is 0 Å². The molecular weight excluding hydrogens is 395 g/mol. The summed E-state index contributed by atoms with van der Waals surface area (Å²) in [7, 11) is 0. The van der Waals surface area contributed by atoms with E-state index in [2.05, 4.69) is 4.98 Å². The van der Waals surface area contributed by atoms with Crippen LogP contribution >= 0.6 is 58.0 Å². The minimum Gasteiger partial charge on any atom is -0.243 e. The molecule has 0 fully saturated rings. The van der Waals surface area contributed by atoms with E-state index in [1.807, 2.05) is 6.07 Å². The quantitative estimate of drug-likeness (QED) is 0.400. The van der Waals surface area contributed by atoms with Crippen molar-refractivity contribution in [3.8, 4) is 22.3 Å². The van der Waals surface area contributed by atoms with Crippen molar-refractivity contribution >= 4 is 58.0 Å². The summed E-state index contributed by atoms with van der Waals surface area (Å²) in [6, 6.07) is 12.4. The fraction of sp³-hybridized carbons (Fsp3) is 0. The van der Waals surface area contributed by atoms with Gasteiger partial charge in [-0.2, -0.15) is 0 Å². The van der Waals surface area contributed by atoms with E-state index in [4.69, 9.17) is 58.0 Å². The topological polar surface area (TPSA) is 12.9 Å². The summed E-state index contributed by atoms with van der Waals surface area (Å²) in [6.07, 6.45) is 1.61. The van der Waals surface area contributed by atoms with Gasteiger partial charge in [-0.25, -0.2) is 4.98 Å². The van der Waals surface area contributed by atoms with E-state index < -0.39 is 0 Å². The molecule has 0 unspecified atom stereocenters. The summed E-state index contributed by atoms with van der Waals surface area (Å²) in [4.78, 5) is 4.23. The smallest absolute Gasteiger partial charge is 0.136 e. The van der Waals surface area contributed by atoms with Crippen LogP contribution in [0.1, 0.15) is 0 Å². The van der Waals surface area contributed by atoms with Crippen molar-refractivity contribution in [1.82, 2.24) is 4.98 Å². The lowest BCUT2D eigenvalue weighted by Gasteiger charge is -2.12. The van der Waals surface area contributed by atoms with Gasteiger partial charge in [0.1, 0.15) is 5.15 Å². The highest BCUT2D eigenvalue weighted by Crippen LogP contribution is 2.41. The minimum atomic E-state index is 0.298. The normalized spacial score (nSPS) is 10.8. The van der Waals surface area contributed by atoms with E-state index >= 15 is 0 Å². The summed E-state index contributed by atoms with van der Waals surface area (Å²) >= 11 is 31.3. The monoisotopic (exact) mass is 401 g/mol. The molecule has 116 valence electrons. The van der Waals surface area contributed by atoms with Crippen molar-refractivity contribution in [3.63, 3.8) is 0 Å². The van der Waals surface area contributed by atoms with Crippen molar-refractivity contribution in [2.45, 2.75) is 0 Å². The Labute approximate surface area is 158 Å². The van der Waals surface area contributed by atoms with Crippen molar-refractivity contribution in [3.05, 3.63) is 73.9 Å². The summed E-state index contributed by atoms with van der Waals surface area (Å²) in [5.74, 6) is 0. The summed E-state index contributed by atoms with van der Waals surface area (Å²) < 4.78 is 0. The molecule has 6 heteroatoms. The standard InChI is InChI=1S/C17H8Cl5N/c18-11-3-1-4-12(19)15(11)9-7-10(17(22)23-8-9)16-13(20)5-2-6-14(16)21/h1-8H. The molecule has 0 saturated carbocycles. The van der Waals surface area contributed by atoms with E-state index in [0.29, 0.717) is 41.9 Å². The zero-order chi connectivity index (χ0) is 16.6. The van der Waals surface area contributed by atoms with E-state index in [1.165, 1.54) is 0 Å². The predicted octanol–water partition coefficient (Wildman–Crippen LogP) is 7.68. The summed E-state index contributed by atoms with van der Waals surface area (Å²) in [6.45, 7) is 0. The van der Waals surface area contributed by atoms with Gasteiger partial charge in [0.2, 0.25) is 0 Å². The van der Waals surface area contributed by atoms with Gasteiger partial charge < -0.3 is 0 Å². The van der Waals surface area contributed by atoms with Gasteiger partial charge >= 0.3 is 0 Å². The van der Waals surface area contributed by atoms with Crippen LogP contribution in [-0.4, -0.2) is 4.98 Å². The van der Waals surface area contributed by atoms with E-state index in [-0.39, 0.29) is 0 Å². The third kappa shape index (κ3) is 3.31. The van der Waals surface area contributed by atoms with Crippen LogP contribution in [0.15, 0.2) is 48.7 Å². The third-order valence-corrected chi connectivity index (χ3v) is 4.88. The minimum absolute atomic E-state index is 0.298. The predicted molar refractivity (Wildman–Crippen MR) is 100 cm³/mol. The Kier molecular flexibility index (Phi) is 5.05. The van der Waals surface area contributed by atoms with Crippen LogP contribution in [0.2, 0.25) is 25.2 Å². The Hall–Kier alpha value is -0.960. The van der Waals surface area contributed by atoms with E-state index in [0.717, 1.165) is 5.56 Å². The molecule has 0 bridgehead atoms. The molecule has 0 aliphatic heterocycles. The maximum Gasteiger partial charge on any atom is 0.136 e. The fourth-order valence-electron chi connectivity index (χ4n) is 2.29. The van der Waals surface area contributed by atoms with Gasteiger partial charge in [-0.3, -0.25) is 0 Å². The Morgan fingerprint density at radius 1 is 0.652 bits per heavy atom. The fourth-order valence-corrected chi connectivity index (χ4v) is 3.70. The first kappa shape index (κ1) is 16.9. The van der Waals surface area contributed by atoms with Crippen LogP contribution in [0.4, 0.5) is 0 Å². The van der Waals surface area contributed by atoms with E-state index in [9.17, 15) is 0 Å². The summed E-state index contributed by atoms with van der Waals surface area (Å²) in [5.41, 5.74) is 2.66. The first-order valence-corrected chi connectivity index (χ1v) is 8.42. The van der Waals surface area contributed by atoms with Gasteiger partial charge in [0, 0.05) is 38.5 Å². The maximum atomic E-state index is 6.27. The molecule has 0 radical (unpaired) electrons. The van der Waals surface area contributed by atoms with Crippen molar-refractivity contribution in [2.24, 2.45) is 0 Å². The molecule has 0 aliphatic carbocycles. The lowest BCUT2D eigenvalue weighted by Crippen LogP contribution is -1.90. The molecular formula is C17H8Cl5N. The number of benzene rings is 2. The number of hydrogen-bond acceptors (Lipinski definition) is 1. The molecule has 3 aromatic rings. The van der Waals surface area contributed by atoms with Gasteiger partial charge in [0.15, 0.2) is 0 Å². The molecule has 0 atom stereocenters. The van der Waals surface area contributed by atoms with Crippen LogP contribution in [-0.2, 0) is 0 Å². The summed E-state index contributed by atoms with van der Waals surface area (Å²) in [5, 5.41) is 2.33. The molecule has 1 nitrogen and oxygen atoms in total. The van der Waals surface area contributed by atoms with Crippen LogP contribution in [0.25, 0.3) is 22.3 Å². The highest BCUT2D eigenvalue weighted by atomic mass is 35.5. The number of aromatic nitrogens is 1. The first-order chi connectivity index (χ1) is 11.0. The largest absolute Gasteiger partial charge is 0.243 e. The molecule has 0 N–H and O–H groups in total. The second-order valence-corrected chi connectivity index (χ2v) is 6.74. The number of pyridine rings is 1. The molecule has 1 aromatic heterocycles. The Morgan fingerprint density at radius 2 is 1.13 bits per heavy atom. The molecule has 1 heterocycles. The molecule has 0 saturated heterocycles. The average Bonchev–Trinajstić information content (AvgIpc) is 2.49. The van der Waals surface area contributed by atoms with Gasteiger partial charge in [-0.15, -0.1) is 0 Å². The molecule has 3 rings (SSSR count). The first-order valence-electron chi connectivity index (χ1n) is 6.53. The lowest BCUT2D eigenvalue weighted by molar-refractivity contribution is 1.33. The third-order valence-electron chi connectivity index (χ3n) is 3.32. The highest BCUT2D eigenvalue weighted by molar-refractivity contribution is 6.41. The van der Waals surface area contributed by atoms with Crippen LogP contribution in [0.3, 0.4) is 0 Å². The van der Waals surface area contributed by atoms with E-state index in [1.54, 1.807) is 42.6 Å². The Balaban J connectivity index is 2.26. The maximum absolute atomic E-state index is 6.27. The SMILES string of the molecule is Clc1cccc(Cl)c1-c1cnc(Cl)c(-c2c(Cl)cccc2Cl)c1. The van der Waals surface area contributed by atoms with Crippen LogP contribution < -0.4 is 0 Å². The zero-order valence-corrected chi connectivity index (χ0v) is 15.2. The number of nitrogens with zero attached hydrogens (tertiary/aromatic N) is 1. The van der Waals surface area contributed by atoms with Gasteiger partial charge in [0.25, 0.3) is 0 Å². The zero-order valence-electron chi connectivity index (χ0n) is 11.5. The molecule has 2 aromatic carbocycles. The highest BCUT2D eigenvalue weighted by Gasteiger charge is 2.16. The van der Waals surface area contributed by atoms with Gasteiger partial charge in [-0.05, 0) is 30.3 Å². The Morgan fingerprint density at radius 3 is 1.65 bits per heavy atom. The van der Waals surface area contributed by atoms with Gasteiger partial charge in [0.05, 0.1) is 10.0 Å². The van der Waals surface area contributed by atoms with Crippen molar-refractivity contribution in [1.29, 1.82) is 0 Å². The van der Waals surface area contributed by atoms with Crippen molar-refractivity contribution in [2.75, 3.05) is 0 Å².